The highest BCUT2D eigenvalue weighted by molar-refractivity contribution is 7.09. The molecule has 1 aromatic carbocycles. The molecule has 0 unspecified atom stereocenters. The van der Waals surface area contributed by atoms with Crippen molar-refractivity contribution in [3.63, 3.8) is 0 Å². The number of hydrogen-bond acceptors (Lipinski definition) is 5. The number of hydrogen-bond donors (Lipinski definition) is 0. The van der Waals surface area contributed by atoms with Gasteiger partial charge < -0.3 is 14.4 Å². The minimum atomic E-state index is -0.0444. The summed E-state index contributed by atoms with van der Waals surface area (Å²) >= 11 is 1.57. The van der Waals surface area contributed by atoms with Gasteiger partial charge in [-0.2, -0.15) is 0 Å². The van der Waals surface area contributed by atoms with Gasteiger partial charge >= 0.3 is 0 Å². The van der Waals surface area contributed by atoms with E-state index >= 15 is 0 Å². The number of ether oxygens (including phenoxy) is 2. The van der Waals surface area contributed by atoms with Gasteiger partial charge in [-0.25, -0.2) is 4.98 Å². The molecule has 1 aromatic heterocycles. The molecule has 1 saturated heterocycles. The smallest absolute Gasteiger partial charge is 0.247 e. The number of nitrogens with zero attached hydrogens (tertiary/aromatic N) is 2. The molecule has 1 atom stereocenters. The molecule has 1 aliphatic heterocycles. The molecule has 1 fully saturated rings. The molecule has 2 aromatic rings. The first-order valence-corrected chi connectivity index (χ1v) is 9.66. The standard InChI is InChI=1S/C20H24N2O3S/c1-15-21-17(14-26-15)9-10-20(23)22(13-18-7-5-11-25-18)12-16-6-3-4-8-19(16)24-2/h3-4,6,8-10,14,18H,5,7,11-13H2,1-2H3/b10-9-/t18-/m1/s1. The molecule has 0 radical (unpaired) electrons. The van der Waals surface area contributed by atoms with Crippen molar-refractivity contribution in [1.82, 2.24) is 9.88 Å². The lowest BCUT2D eigenvalue weighted by Gasteiger charge is -2.25. The number of aryl methyl sites for hydroxylation is 1. The van der Waals surface area contributed by atoms with Gasteiger partial charge in [0.25, 0.3) is 0 Å². The van der Waals surface area contributed by atoms with Gasteiger partial charge in [-0.15, -0.1) is 11.3 Å². The van der Waals surface area contributed by atoms with Crippen molar-refractivity contribution >= 4 is 23.3 Å². The Hall–Kier alpha value is -2.18. The van der Waals surface area contributed by atoms with E-state index in [0.29, 0.717) is 13.1 Å². The number of methoxy groups -OCH3 is 1. The molecule has 1 amide bonds. The number of carbonyl (C=O) groups excluding carboxylic acids is 1. The van der Waals surface area contributed by atoms with Crippen molar-refractivity contribution in [2.75, 3.05) is 20.3 Å². The summed E-state index contributed by atoms with van der Waals surface area (Å²) in [6.07, 6.45) is 5.51. The first-order chi connectivity index (χ1) is 12.7. The average molecular weight is 372 g/mol. The molecule has 1 aliphatic rings. The van der Waals surface area contributed by atoms with E-state index in [1.165, 1.54) is 0 Å². The highest BCUT2D eigenvalue weighted by Gasteiger charge is 2.22. The molecule has 5 nitrogen and oxygen atoms in total. The number of benzene rings is 1. The Labute approximate surface area is 158 Å². The largest absolute Gasteiger partial charge is 0.496 e. The lowest BCUT2D eigenvalue weighted by Crippen LogP contribution is -2.36. The van der Waals surface area contributed by atoms with Crippen LogP contribution in [-0.2, 0) is 16.1 Å². The summed E-state index contributed by atoms with van der Waals surface area (Å²) in [6, 6.07) is 7.79. The van der Waals surface area contributed by atoms with Crippen LogP contribution in [0.3, 0.4) is 0 Å². The van der Waals surface area contributed by atoms with Gasteiger partial charge in [-0.05, 0) is 31.9 Å². The minimum absolute atomic E-state index is 0.0444. The van der Waals surface area contributed by atoms with E-state index in [1.807, 2.05) is 41.5 Å². The SMILES string of the molecule is COc1ccccc1CN(C[C@H]1CCCO1)C(=O)/C=C\c1csc(C)n1. The highest BCUT2D eigenvalue weighted by atomic mass is 32.1. The van der Waals surface area contributed by atoms with Crippen molar-refractivity contribution in [3.8, 4) is 5.75 Å². The van der Waals surface area contributed by atoms with Crippen LogP contribution in [0.1, 0.15) is 29.1 Å². The second-order valence-electron chi connectivity index (χ2n) is 6.29. The average Bonchev–Trinajstić information content (AvgIpc) is 3.31. The molecule has 3 rings (SSSR count). The number of para-hydroxylation sites is 1. The number of aromatic nitrogens is 1. The first kappa shape index (κ1) is 18.6. The third kappa shape index (κ3) is 4.93. The van der Waals surface area contributed by atoms with Crippen molar-refractivity contribution in [1.29, 1.82) is 0 Å². The monoisotopic (exact) mass is 372 g/mol. The molecule has 0 N–H and O–H groups in total. The van der Waals surface area contributed by atoms with Gasteiger partial charge in [0.05, 0.1) is 23.9 Å². The van der Waals surface area contributed by atoms with Gasteiger partial charge in [0.2, 0.25) is 5.91 Å². The third-order valence-electron chi connectivity index (χ3n) is 4.35. The lowest BCUT2D eigenvalue weighted by molar-refractivity contribution is -0.128. The van der Waals surface area contributed by atoms with E-state index in [0.717, 1.165) is 41.5 Å². The van der Waals surface area contributed by atoms with Crippen LogP contribution in [0.4, 0.5) is 0 Å². The van der Waals surface area contributed by atoms with Crippen LogP contribution in [0.25, 0.3) is 6.08 Å². The lowest BCUT2D eigenvalue weighted by atomic mass is 10.1. The molecular weight excluding hydrogens is 348 g/mol. The Bertz CT molecular complexity index is 766. The fourth-order valence-electron chi connectivity index (χ4n) is 3.02. The first-order valence-electron chi connectivity index (χ1n) is 8.78. The zero-order valence-corrected chi connectivity index (χ0v) is 16.0. The molecule has 26 heavy (non-hydrogen) atoms. The van der Waals surface area contributed by atoms with Crippen LogP contribution < -0.4 is 4.74 Å². The Kier molecular flexibility index (Phi) is 6.41. The Morgan fingerprint density at radius 2 is 2.31 bits per heavy atom. The molecule has 138 valence electrons. The van der Waals surface area contributed by atoms with E-state index < -0.39 is 0 Å². The summed E-state index contributed by atoms with van der Waals surface area (Å²) in [5.74, 6) is 0.744. The van der Waals surface area contributed by atoms with Gasteiger partial charge in [0.15, 0.2) is 0 Å². The summed E-state index contributed by atoms with van der Waals surface area (Å²) in [7, 11) is 1.65. The second-order valence-corrected chi connectivity index (χ2v) is 7.35. The van der Waals surface area contributed by atoms with Crippen LogP contribution in [-0.4, -0.2) is 42.2 Å². The van der Waals surface area contributed by atoms with Crippen LogP contribution >= 0.6 is 11.3 Å². The van der Waals surface area contributed by atoms with Crippen molar-refractivity contribution in [2.45, 2.75) is 32.4 Å². The maximum Gasteiger partial charge on any atom is 0.247 e. The molecule has 2 heterocycles. The quantitative estimate of drug-likeness (QED) is 0.696. The van der Waals surface area contributed by atoms with Gasteiger partial charge in [-0.3, -0.25) is 4.79 Å². The Balaban J connectivity index is 1.75. The van der Waals surface area contributed by atoms with Crippen LogP contribution in [0.15, 0.2) is 35.7 Å². The second kappa shape index (κ2) is 8.96. The number of amides is 1. The zero-order valence-electron chi connectivity index (χ0n) is 15.2. The fraction of sp³-hybridized carbons (Fsp3) is 0.400. The van der Waals surface area contributed by atoms with Gasteiger partial charge in [-0.1, -0.05) is 18.2 Å². The van der Waals surface area contributed by atoms with E-state index in [1.54, 1.807) is 30.6 Å². The van der Waals surface area contributed by atoms with Crippen molar-refractivity contribution in [2.24, 2.45) is 0 Å². The summed E-state index contributed by atoms with van der Waals surface area (Å²) in [5.41, 5.74) is 1.80. The zero-order chi connectivity index (χ0) is 18.4. The van der Waals surface area contributed by atoms with Crippen LogP contribution in [0.5, 0.6) is 5.75 Å². The maximum absolute atomic E-state index is 12.8. The number of rotatable bonds is 7. The topological polar surface area (TPSA) is 51.7 Å². The Morgan fingerprint density at radius 3 is 3.00 bits per heavy atom. The maximum atomic E-state index is 12.8. The molecule has 0 bridgehead atoms. The molecule has 6 heteroatoms. The molecule has 0 saturated carbocycles. The molecular formula is C20H24N2O3S. The summed E-state index contributed by atoms with van der Waals surface area (Å²) in [5, 5.41) is 2.94. The van der Waals surface area contributed by atoms with E-state index in [2.05, 4.69) is 4.98 Å². The third-order valence-corrected chi connectivity index (χ3v) is 5.14. The highest BCUT2D eigenvalue weighted by Crippen LogP contribution is 2.21. The predicted molar refractivity (Wildman–Crippen MR) is 103 cm³/mol. The minimum Gasteiger partial charge on any atom is -0.496 e. The van der Waals surface area contributed by atoms with Crippen LogP contribution in [0.2, 0.25) is 0 Å². The van der Waals surface area contributed by atoms with E-state index in [4.69, 9.17) is 9.47 Å². The number of carbonyl (C=O) groups is 1. The predicted octanol–water partition coefficient (Wildman–Crippen LogP) is 3.68. The van der Waals surface area contributed by atoms with Gasteiger partial charge in [0.1, 0.15) is 5.75 Å². The summed E-state index contributed by atoms with van der Waals surface area (Å²) in [6.45, 7) is 3.80. The summed E-state index contributed by atoms with van der Waals surface area (Å²) in [4.78, 5) is 19.0. The molecule has 0 spiro atoms. The Morgan fingerprint density at radius 1 is 1.46 bits per heavy atom. The van der Waals surface area contributed by atoms with Crippen LogP contribution in [0, 0.1) is 6.92 Å². The fourth-order valence-corrected chi connectivity index (χ4v) is 3.61. The van der Waals surface area contributed by atoms with E-state index in [9.17, 15) is 4.79 Å². The van der Waals surface area contributed by atoms with Crippen molar-refractivity contribution in [3.05, 3.63) is 52.0 Å². The number of thiazole rings is 1. The van der Waals surface area contributed by atoms with E-state index in [-0.39, 0.29) is 12.0 Å². The normalized spacial score (nSPS) is 16.9. The summed E-state index contributed by atoms with van der Waals surface area (Å²) < 4.78 is 11.2. The van der Waals surface area contributed by atoms with Crippen molar-refractivity contribution < 1.29 is 14.3 Å². The molecule has 0 aliphatic carbocycles. The van der Waals surface area contributed by atoms with Gasteiger partial charge in [0, 0.05) is 36.7 Å².